The lowest BCUT2D eigenvalue weighted by Crippen LogP contribution is -2.23. The highest BCUT2D eigenvalue weighted by Crippen LogP contribution is 2.19. The third-order valence-corrected chi connectivity index (χ3v) is 2.69. The Morgan fingerprint density at radius 1 is 1.43 bits per heavy atom. The number of aliphatic hydroxyl groups excluding tert-OH is 1. The van der Waals surface area contributed by atoms with Gasteiger partial charge in [-0.25, -0.2) is 0 Å². The standard InChI is InChI=1S/C9H12IN3O/c10-7-4-2-1-3-6(7)8(14)5-13-9(11)12/h1-4,8,14H,5H2,(H4,11,12,13)/t8-/m0/s1. The van der Waals surface area contributed by atoms with Crippen LogP contribution in [0.5, 0.6) is 0 Å². The van der Waals surface area contributed by atoms with Crippen LogP contribution in [0.25, 0.3) is 0 Å². The molecule has 1 atom stereocenters. The summed E-state index contributed by atoms with van der Waals surface area (Å²) in [5.41, 5.74) is 11.2. The van der Waals surface area contributed by atoms with Crippen molar-refractivity contribution in [3.05, 3.63) is 33.4 Å². The molecule has 0 fully saturated rings. The molecule has 5 N–H and O–H groups in total. The van der Waals surface area contributed by atoms with Gasteiger partial charge >= 0.3 is 0 Å². The van der Waals surface area contributed by atoms with Crippen molar-refractivity contribution in [3.63, 3.8) is 0 Å². The van der Waals surface area contributed by atoms with E-state index in [-0.39, 0.29) is 12.5 Å². The van der Waals surface area contributed by atoms with Crippen molar-refractivity contribution < 1.29 is 5.11 Å². The molecular weight excluding hydrogens is 293 g/mol. The first kappa shape index (κ1) is 11.3. The van der Waals surface area contributed by atoms with Gasteiger partial charge in [0.05, 0.1) is 12.6 Å². The van der Waals surface area contributed by atoms with Gasteiger partial charge in [-0.1, -0.05) is 18.2 Å². The maximum absolute atomic E-state index is 9.73. The lowest BCUT2D eigenvalue weighted by atomic mass is 10.1. The number of hydrogen-bond donors (Lipinski definition) is 3. The number of rotatable bonds is 3. The molecule has 0 saturated carbocycles. The van der Waals surface area contributed by atoms with Crippen molar-refractivity contribution in [1.29, 1.82) is 0 Å². The van der Waals surface area contributed by atoms with Crippen LogP contribution in [0.3, 0.4) is 0 Å². The summed E-state index contributed by atoms with van der Waals surface area (Å²) >= 11 is 2.16. The fourth-order valence-electron chi connectivity index (χ4n) is 1.04. The molecule has 0 radical (unpaired) electrons. The molecule has 0 bridgehead atoms. The SMILES string of the molecule is NC(N)=NC[C@H](O)c1ccccc1I. The molecule has 14 heavy (non-hydrogen) atoms. The summed E-state index contributed by atoms with van der Waals surface area (Å²) in [5.74, 6) is -0.00464. The summed E-state index contributed by atoms with van der Waals surface area (Å²) in [6.07, 6.45) is -0.648. The van der Waals surface area contributed by atoms with Crippen LogP contribution in [0, 0.1) is 3.57 Å². The number of aliphatic imine (C=N–C) groups is 1. The van der Waals surface area contributed by atoms with E-state index in [0.717, 1.165) is 9.13 Å². The first-order chi connectivity index (χ1) is 6.61. The van der Waals surface area contributed by atoms with E-state index in [1.807, 2.05) is 24.3 Å². The molecule has 0 amide bonds. The van der Waals surface area contributed by atoms with Gasteiger partial charge in [0.15, 0.2) is 5.96 Å². The van der Waals surface area contributed by atoms with E-state index in [4.69, 9.17) is 11.5 Å². The van der Waals surface area contributed by atoms with E-state index in [9.17, 15) is 5.11 Å². The summed E-state index contributed by atoms with van der Waals surface area (Å²) in [6.45, 7) is 0.197. The van der Waals surface area contributed by atoms with Gasteiger partial charge in [-0.2, -0.15) is 0 Å². The molecule has 0 aliphatic carbocycles. The van der Waals surface area contributed by atoms with Crippen molar-refractivity contribution in [2.75, 3.05) is 6.54 Å². The molecule has 0 saturated heterocycles. The van der Waals surface area contributed by atoms with E-state index in [1.165, 1.54) is 0 Å². The van der Waals surface area contributed by atoms with Gasteiger partial charge in [0.25, 0.3) is 0 Å². The zero-order valence-corrected chi connectivity index (χ0v) is 9.68. The number of benzene rings is 1. The quantitative estimate of drug-likeness (QED) is 0.434. The second-order valence-electron chi connectivity index (χ2n) is 2.80. The minimum absolute atomic E-state index is 0.00464. The molecule has 0 aliphatic rings. The monoisotopic (exact) mass is 305 g/mol. The Hall–Kier alpha value is -0.820. The summed E-state index contributed by atoms with van der Waals surface area (Å²) in [4.78, 5) is 3.76. The van der Waals surface area contributed by atoms with Crippen LogP contribution in [-0.2, 0) is 0 Å². The number of hydrogen-bond acceptors (Lipinski definition) is 2. The zero-order valence-electron chi connectivity index (χ0n) is 7.52. The summed E-state index contributed by atoms with van der Waals surface area (Å²) in [6, 6.07) is 7.57. The molecule has 1 aromatic carbocycles. The van der Waals surface area contributed by atoms with Crippen LogP contribution in [0.2, 0.25) is 0 Å². The highest BCUT2D eigenvalue weighted by molar-refractivity contribution is 14.1. The highest BCUT2D eigenvalue weighted by Gasteiger charge is 2.09. The first-order valence-electron chi connectivity index (χ1n) is 4.09. The Labute approximate surface area is 96.2 Å². The summed E-state index contributed by atoms with van der Waals surface area (Å²) in [7, 11) is 0. The number of aliphatic hydroxyl groups is 1. The maximum atomic E-state index is 9.73. The largest absolute Gasteiger partial charge is 0.386 e. The lowest BCUT2D eigenvalue weighted by Gasteiger charge is -2.09. The molecule has 0 aromatic heterocycles. The second-order valence-corrected chi connectivity index (χ2v) is 3.97. The van der Waals surface area contributed by atoms with Gasteiger partial charge < -0.3 is 16.6 Å². The third-order valence-electron chi connectivity index (χ3n) is 1.71. The Balaban J connectivity index is 2.74. The molecule has 0 heterocycles. The van der Waals surface area contributed by atoms with Crippen LogP contribution in [0.1, 0.15) is 11.7 Å². The molecule has 5 heteroatoms. The Morgan fingerprint density at radius 2 is 2.07 bits per heavy atom. The molecule has 4 nitrogen and oxygen atoms in total. The van der Waals surface area contributed by atoms with E-state index >= 15 is 0 Å². The Morgan fingerprint density at radius 3 is 2.64 bits per heavy atom. The Bertz CT molecular complexity index is 337. The van der Waals surface area contributed by atoms with Gasteiger partial charge in [-0.15, -0.1) is 0 Å². The van der Waals surface area contributed by atoms with Gasteiger partial charge in [0, 0.05) is 3.57 Å². The average molecular weight is 305 g/mol. The van der Waals surface area contributed by atoms with Gasteiger partial charge in [-0.3, -0.25) is 4.99 Å². The molecule has 0 unspecified atom stereocenters. The first-order valence-corrected chi connectivity index (χ1v) is 5.17. The molecule has 0 spiro atoms. The molecular formula is C9H12IN3O. The van der Waals surface area contributed by atoms with Crippen molar-refractivity contribution in [1.82, 2.24) is 0 Å². The molecule has 0 aliphatic heterocycles. The van der Waals surface area contributed by atoms with E-state index in [0.29, 0.717) is 0 Å². The molecule has 1 aromatic rings. The number of guanidine groups is 1. The normalized spacial score (nSPS) is 12.1. The predicted octanol–water partition coefficient (Wildman–Crippen LogP) is 0.598. The lowest BCUT2D eigenvalue weighted by molar-refractivity contribution is 0.186. The van der Waals surface area contributed by atoms with Crippen LogP contribution < -0.4 is 11.5 Å². The second kappa shape index (κ2) is 5.16. The predicted molar refractivity (Wildman–Crippen MR) is 64.8 cm³/mol. The van der Waals surface area contributed by atoms with Crippen LogP contribution in [-0.4, -0.2) is 17.6 Å². The summed E-state index contributed by atoms with van der Waals surface area (Å²) in [5, 5.41) is 9.73. The minimum Gasteiger partial charge on any atom is -0.386 e. The van der Waals surface area contributed by atoms with Crippen LogP contribution in [0.15, 0.2) is 29.3 Å². The third kappa shape index (κ3) is 3.15. The minimum atomic E-state index is -0.648. The van der Waals surface area contributed by atoms with Gasteiger partial charge in [-0.05, 0) is 34.2 Å². The van der Waals surface area contributed by atoms with Gasteiger partial charge in [0.2, 0.25) is 0 Å². The van der Waals surface area contributed by atoms with E-state index in [2.05, 4.69) is 27.6 Å². The molecule has 1 rings (SSSR count). The van der Waals surface area contributed by atoms with E-state index < -0.39 is 6.10 Å². The van der Waals surface area contributed by atoms with Crippen molar-refractivity contribution >= 4 is 28.6 Å². The molecule has 76 valence electrons. The van der Waals surface area contributed by atoms with Crippen molar-refractivity contribution in [2.24, 2.45) is 16.5 Å². The van der Waals surface area contributed by atoms with Crippen molar-refractivity contribution in [2.45, 2.75) is 6.10 Å². The topological polar surface area (TPSA) is 84.6 Å². The fourth-order valence-corrected chi connectivity index (χ4v) is 1.78. The van der Waals surface area contributed by atoms with Crippen LogP contribution >= 0.6 is 22.6 Å². The maximum Gasteiger partial charge on any atom is 0.186 e. The van der Waals surface area contributed by atoms with Gasteiger partial charge in [0.1, 0.15) is 0 Å². The van der Waals surface area contributed by atoms with Crippen molar-refractivity contribution in [3.8, 4) is 0 Å². The summed E-state index contributed by atoms with van der Waals surface area (Å²) < 4.78 is 1.00. The number of nitrogens with two attached hydrogens (primary N) is 2. The van der Waals surface area contributed by atoms with E-state index in [1.54, 1.807) is 0 Å². The average Bonchev–Trinajstić information content (AvgIpc) is 2.15. The highest BCUT2D eigenvalue weighted by atomic mass is 127. The Kier molecular flexibility index (Phi) is 4.15. The fraction of sp³-hybridized carbons (Fsp3) is 0.222. The number of halogens is 1. The number of nitrogens with zero attached hydrogens (tertiary/aromatic N) is 1. The zero-order chi connectivity index (χ0) is 10.6. The van der Waals surface area contributed by atoms with Crippen LogP contribution in [0.4, 0.5) is 0 Å². The smallest absolute Gasteiger partial charge is 0.186 e.